The van der Waals surface area contributed by atoms with Crippen LogP contribution in [0.25, 0.3) is 0 Å². The second-order valence-electron chi connectivity index (χ2n) is 5.79. The quantitative estimate of drug-likeness (QED) is 0.774. The predicted molar refractivity (Wildman–Crippen MR) is 82.1 cm³/mol. The first-order valence-electron chi connectivity index (χ1n) is 6.12. The molecule has 0 amide bonds. The molecule has 1 aromatic rings. The third-order valence-corrected chi connectivity index (χ3v) is 11.7. The normalized spacial score (nSPS) is 14.7. The van der Waals surface area contributed by atoms with Gasteiger partial charge in [0.25, 0.3) is 0 Å². The van der Waals surface area contributed by atoms with E-state index in [1.165, 1.54) is 5.19 Å². The smallest absolute Gasteiger partial charge is 0.311 e. The fourth-order valence-corrected chi connectivity index (χ4v) is 13.2. The van der Waals surface area contributed by atoms with Crippen LogP contribution >= 0.6 is 0 Å². The molecule has 0 heterocycles. The first-order chi connectivity index (χ1) is 7.70. The van der Waals surface area contributed by atoms with Gasteiger partial charge in [0.2, 0.25) is 0 Å². The maximum atomic E-state index is 6.29. The van der Waals surface area contributed by atoms with Crippen LogP contribution in [0, 0.1) is 0 Å². The molecule has 0 bridgehead atoms. The van der Waals surface area contributed by atoms with Crippen molar-refractivity contribution in [3.8, 4) is 0 Å². The van der Waals surface area contributed by atoms with Crippen LogP contribution in [-0.4, -0.2) is 25.9 Å². The molecule has 2 nitrogen and oxygen atoms in total. The third-order valence-electron chi connectivity index (χ3n) is 2.28. The third kappa shape index (κ3) is 5.78. The van der Waals surface area contributed by atoms with E-state index >= 15 is 0 Å². The van der Waals surface area contributed by atoms with Gasteiger partial charge in [-0.1, -0.05) is 30.3 Å². The Hall–Kier alpha value is -0.209. The van der Waals surface area contributed by atoms with E-state index < -0.39 is 25.9 Å². The number of benzene rings is 1. The molecule has 1 unspecified atom stereocenters. The second kappa shape index (κ2) is 5.62. The molecule has 0 saturated carbocycles. The average Bonchev–Trinajstić information content (AvgIpc) is 2.14. The van der Waals surface area contributed by atoms with Crippen LogP contribution in [-0.2, 0) is 8.23 Å². The second-order valence-corrected chi connectivity index (χ2v) is 16.5. The lowest BCUT2D eigenvalue weighted by molar-refractivity contribution is 0.407. The van der Waals surface area contributed by atoms with Gasteiger partial charge in [0.1, 0.15) is 0 Å². The lowest BCUT2D eigenvalue weighted by atomic mass is 10.4. The molecule has 17 heavy (non-hydrogen) atoms. The highest BCUT2D eigenvalue weighted by Crippen LogP contribution is 2.16. The highest BCUT2D eigenvalue weighted by atomic mass is 28.5. The summed E-state index contributed by atoms with van der Waals surface area (Å²) in [5.41, 5.74) is 0. The molecule has 1 rings (SSSR count). The molecule has 0 aliphatic rings. The number of rotatable bonds is 5. The van der Waals surface area contributed by atoms with Crippen molar-refractivity contribution in [1.82, 2.24) is 0 Å². The Morgan fingerprint density at radius 1 is 0.941 bits per heavy atom. The van der Waals surface area contributed by atoms with Gasteiger partial charge in [0.15, 0.2) is 17.4 Å². The van der Waals surface area contributed by atoms with E-state index in [1.54, 1.807) is 0 Å². The van der Waals surface area contributed by atoms with E-state index in [2.05, 4.69) is 63.5 Å². The van der Waals surface area contributed by atoms with E-state index in [0.717, 1.165) is 0 Å². The molecule has 96 valence electrons. The fraction of sp³-hybridized carbons (Fsp3) is 0.500. The van der Waals surface area contributed by atoms with Gasteiger partial charge in [-0.25, -0.2) is 0 Å². The maximum absolute atomic E-state index is 6.29. The van der Waals surface area contributed by atoms with Gasteiger partial charge in [-0.15, -0.1) is 0 Å². The van der Waals surface area contributed by atoms with Crippen LogP contribution in [0.4, 0.5) is 0 Å². The molecule has 5 heteroatoms. The summed E-state index contributed by atoms with van der Waals surface area (Å²) >= 11 is 0. The van der Waals surface area contributed by atoms with Crippen LogP contribution in [0.3, 0.4) is 0 Å². The van der Waals surface area contributed by atoms with Gasteiger partial charge in [-0.3, -0.25) is 0 Å². The summed E-state index contributed by atoms with van der Waals surface area (Å²) in [7, 11) is -4.78. The highest BCUT2D eigenvalue weighted by molar-refractivity contribution is 6.85. The topological polar surface area (TPSA) is 18.5 Å². The SMILES string of the molecule is C[SiH](O[Si](C)(C)O[Si](C)(C)C)c1ccccc1. The first kappa shape index (κ1) is 14.9. The minimum Gasteiger partial charge on any atom is -0.437 e. The molecular weight excluding hydrogens is 260 g/mol. The van der Waals surface area contributed by atoms with Crippen molar-refractivity contribution < 1.29 is 8.23 Å². The van der Waals surface area contributed by atoms with E-state index in [-0.39, 0.29) is 0 Å². The van der Waals surface area contributed by atoms with Gasteiger partial charge in [-0.05, 0) is 44.5 Å². The zero-order valence-electron chi connectivity index (χ0n) is 11.8. The zero-order valence-corrected chi connectivity index (χ0v) is 14.9. The summed E-state index contributed by atoms with van der Waals surface area (Å²) in [6.45, 7) is 13.2. The van der Waals surface area contributed by atoms with Gasteiger partial charge < -0.3 is 8.23 Å². The summed E-state index contributed by atoms with van der Waals surface area (Å²) in [4.78, 5) is 0. The van der Waals surface area contributed by atoms with Crippen molar-refractivity contribution in [3.05, 3.63) is 30.3 Å². The van der Waals surface area contributed by atoms with Crippen LogP contribution < -0.4 is 5.19 Å². The van der Waals surface area contributed by atoms with E-state index in [1.807, 2.05) is 6.07 Å². The molecule has 0 saturated heterocycles. The van der Waals surface area contributed by atoms with Crippen molar-refractivity contribution in [2.75, 3.05) is 0 Å². The Balaban J connectivity index is 2.65. The Morgan fingerprint density at radius 3 is 1.94 bits per heavy atom. The Bertz CT molecular complexity index is 347. The summed E-state index contributed by atoms with van der Waals surface area (Å²) in [5, 5.41) is 1.35. The summed E-state index contributed by atoms with van der Waals surface area (Å²) in [6, 6.07) is 10.5. The van der Waals surface area contributed by atoms with Crippen LogP contribution in [0.5, 0.6) is 0 Å². The van der Waals surface area contributed by atoms with Crippen LogP contribution in [0.1, 0.15) is 0 Å². The van der Waals surface area contributed by atoms with Crippen molar-refractivity contribution >= 4 is 31.1 Å². The number of hydrogen-bond acceptors (Lipinski definition) is 2. The molecule has 0 fully saturated rings. The molecular formula is C12H24O2Si3. The lowest BCUT2D eigenvalue weighted by Gasteiger charge is -2.33. The maximum Gasteiger partial charge on any atom is 0.311 e. The molecule has 1 atom stereocenters. The van der Waals surface area contributed by atoms with Gasteiger partial charge in [0.05, 0.1) is 0 Å². The molecule has 0 aromatic heterocycles. The van der Waals surface area contributed by atoms with Gasteiger partial charge in [-0.2, -0.15) is 0 Å². The molecule has 1 aromatic carbocycles. The van der Waals surface area contributed by atoms with Crippen molar-refractivity contribution in [2.45, 2.75) is 39.3 Å². The van der Waals surface area contributed by atoms with Crippen molar-refractivity contribution in [1.29, 1.82) is 0 Å². The molecule has 0 N–H and O–H groups in total. The predicted octanol–water partition coefficient (Wildman–Crippen LogP) is 2.82. The highest BCUT2D eigenvalue weighted by Gasteiger charge is 2.33. The molecule has 0 aliphatic carbocycles. The molecule has 0 radical (unpaired) electrons. The first-order valence-corrected chi connectivity index (χ1v) is 14.6. The Kier molecular flexibility index (Phi) is 4.91. The van der Waals surface area contributed by atoms with Gasteiger partial charge in [0, 0.05) is 0 Å². The van der Waals surface area contributed by atoms with E-state index in [9.17, 15) is 0 Å². The average molecular weight is 285 g/mol. The van der Waals surface area contributed by atoms with Crippen LogP contribution in [0.2, 0.25) is 39.3 Å². The fourth-order valence-electron chi connectivity index (χ4n) is 1.98. The monoisotopic (exact) mass is 284 g/mol. The molecule has 0 spiro atoms. The Labute approximate surface area is 109 Å². The summed E-state index contributed by atoms with van der Waals surface area (Å²) in [5.74, 6) is 0. The Morgan fingerprint density at radius 2 is 1.47 bits per heavy atom. The molecule has 0 aliphatic heterocycles. The summed E-state index contributed by atoms with van der Waals surface area (Å²) < 4.78 is 12.5. The van der Waals surface area contributed by atoms with Crippen molar-refractivity contribution in [3.63, 3.8) is 0 Å². The van der Waals surface area contributed by atoms with E-state index in [0.29, 0.717) is 0 Å². The minimum atomic E-state index is -1.96. The summed E-state index contributed by atoms with van der Waals surface area (Å²) in [6.07, 6.45) is 0. The standard InChI is InChI=1S/C12H24O2Si3/c1-15(12-10-8-7-9-11-12)13-17(5,6)14-16(2,3)4/h7-11,15H,1-6H3. The van der Waals surface area contributed by atoms with Crippen molar-refractivity contribution in [2.24, 2.45) is 0 Å². The lowest BCUT2D eigenvalue weighted by Crippen LogP contribution is -2.50. The minimum absolute atomic E-state index is 1.32. The van der Waals surface area contributed by atoms with Gasteiger partial charge >= 0.3 is 8.56 Å². The number of hydrogen-bond donors (Lipinski definition) is 0. The van der Waals surface area contributed by atoms with E-state index in [4.69, 9.17) is 8.23 Å². The van der Waals surface area contributed by atoms with Crippen LogP contribution in [0.15, 0.2) is 30.3 Å². The largest absolute Gasteiger partial charge is 0.437 e. The zero-order chi connectivity index (χ0) is 13.1.